The van der Waals surface area contributed by atoms with Crippen LogP contribution in [0.15, 0.2) is 59.0 Å². The molecule has 0 aliphatic carbocycles. The maximum absolute atomic E-state index is 13.1. The molecule has 0 aliphatic heterocycles. The van der Waals surface area contributed by atoms with Crippen LogP contribution in [-0.2, 0) is 6.54 Å². The van der Waals surface area contributed by atoms with E-state index in [1.165, 1.54) is 46.5 Å². The molecule has 4 rings (SSSR count). The number of aryl methyl sites for hydroxylation is 2. The summed E-state index contributed by atoms with van der Waals surface area (Å²) in [4.78, 5) is 41.1. The fourth-order valence-electron chi connectivity index (χ4n) is 3.24. The van der Waals surface area contributed by atoms with Crippen molar-refractivity contribution in [1.29, 1.82) is 0 Å². The predicted octanol–water partition coefficient (Wildman–Crippen LogP) is 4.53. The van der Waals surface area contributed by atoms with Crippen LogP contribution in [0.5, 0.6) is 0 Å². The van der Waals surface area contributed by atoms with E-state index in [1.54, 1.807) is 0 Å². The van der Waals surface area contributed by atoms with Gasteiger partial charge in [-0.1, -0.05) is 30.3 Å². The number of nitro groups is 1. The third kappa shape index (κ3) is 3.53. The van der Waals surface area contributed by atoms with E-state index < -0.39 is 10.7 Å². The first-order valence-electron chi connectivity index (χ1n) is 9.17. The monoisotopic (exact) mass is 419 g/mol. The number of Topliss-reactive ketones (excluding diaryl/α,β-unsaturated/α-hetero) is 1. The molecule has 0 radical (unpaired) electrons. The quantitative estimate of drug-likeness (QED) is 0.269. The van der Waals surface area contributed by atoms with Gasteiger partial charge in [-0.3, -0.25) is 24.3 Å². The minimum Gasteiger partial charge on any atom is -0.292 e. The Hall–Kier alpha value is -3.65. The van der Waals surface area contributed by atoms with Gasteiger partial charge in [0.05, 0.1) is 23.2 Å². The molecule has 0 fully saturated rings. The zero-order valence-corrected chi connectivity index (χ0v) is 17.1. The minimum absolute atomic E-state index is 0.170. The van der Waals surface area contributed by atoms with Gasteiger partial charge >= 0.3 is 0 Å². The Bertz CT molecular complexity index is 1370. The molecular formula is C22H17N3O4S. The molecule has 2 aromatic heterocycles. The normalized spacial score (nSPS) is 11.0. The van der Waals surface area contributed by atoms with Gasteiger partial charge in [0.2, 0.25) is 0 Å². The predicted molar refractivity (Wildman–Crippen MR) is 116 cm³/mol. The molecule has 2 heterocycles. The van der Waals surface area contributed by atoms with Crippen LogP contribution in [0.25, 0.3) is 21.3 Å². The number of carbonyl (C=O) groups excluding carboxylic acids is 1. The molecule has 0 saturated carbocycles. The van der Waals surface area contributed by atoms with E-state index in [9.17, 15) is 19.7 Å². The Morgan fingerprint density at radius 3 is 2.70 bits per heavy atom. The largest absolute Gasteiger partial charge is 0.292 e. The number of thiophene rings is 1. The number of carbonyl (C=O) groups is 1. The highest BCUT2D eigenvalue weighted by Gasteiger charge is 2.17. The molecule has 2 aromatic carbocycles. The number of rotatable bonds is 5. The van der Waals surface area contributed by atoms with Gasteiger partial charge in [-0.15, -0.1) is 11.3 Å². The number of hydrogen-bond donors (Lipinski definition) is 0. The molecule has 0 saturated heterocycles. The van der Waals surface area contributed by atoms with Gasteiger partial charge in [0, 0.05) is 28.6 Å². The molecule has 150 valence electrons. The second-order valence-electron chi connectivity index (χ2n) is 7.04. The standard InChI is InChI=1S/C22H17N3O4S/c1-13-6-7-15(8-14(13)2)18-11-30-21-20(18)22(27)24(12-23-21)10-19(26)16-4-3-5-17(9-16)25(28)29/h3-9,11-12H,10H2,1-2H3. The number of fused-ring (bicyclic) bond motifs is 1. The van der Waals surface area contributed by atoms with Crippen LogP contribution in [0.2, 0.25) is 0 Å². The molecule has 0 aliphatic rings. The second kappa shape index (κ2) is 7.64. The van der Waals surface area contributed by atoms with E-state index in [-0.39, 0.29) is 23.4 Å². The Kier molecular flexibility index (Phi) is 5.01. The fourth-order valence-corrected chi connectivity index (χ4v) is 4.15. The van der Waals surface area contributed by atoms with Gasteiger partial charge in [0.25, 0.3) is 11.2 Å². The molecule has 0 N–H and O–H groups in total. The Balaban J connectivity index is 1.74. The summed E-state index contributed by atoms with van der Waals surface area (Å²) >= 11 is 1.38. The lowest BCUT2D eigenvalue weighted by atomic mass is 10.0. The van der Waals surface area contributed by atoms with Crippen molar-refractivity contribution in [1.82, 2.24) is 9.55 Å². The first-order chi connectivity index (χ1) is 14.3. The maximum Gasteiger partial charge on any atom is 0.270 e. The average molecular weight is 419 g/mol. The zero-order chi connectivity index (χ0) is 21.4. The molecule has 7 nitrogen and oxygen atoms in total. The Morgan fingerprint density at radius 1 is 1.17 bits per heavy atom. The third-order valence-electron chi connectivity index (χ3n) is 5.07. The van der Waals surface area contributed by atoms with Crippen LogP contribution in [-0.4, -0.2) is 20.3 Å². The Labute approximate surface area is 175 Å². The summed E-state index contributed by atoms with van der Waals surface area (Å²) in [6.07, 6.45) is 1.35. The van der Waals surface area contributed by atoms with Crippen molar-refractivity contribution < 1.29 is 9.72 Å². The van der Waals surface area contributed by atoms with Crippen LogP contribution >= 0.6 is 11.3 Å². The number of nitro benzene ring substituents is 1. The molecule has 0 amide bonds. The molecule has 0 atom stereocenters. The van der Waals surface area contributed by atoms with Gasteiger partial charge in [-0.05, 0) is 30.5 Å². The molecule has 4 aromatic rings. The number of ketones is 1. The summed E-state index contributed by atoms with van der Waals surface area (Å²) in [6, 6.07) is 11.5. The van der Waals surface area contributed by atoms with Crippen molar-refractivity contribution in [2.24, 2.45) is 0 Å². The molecule has 0 spiro atoms. The topological polar surface area (TPSA) is 95.1 Å². The van der Waals surface area contributed by atoms with Crippen LogP contribution in [0.1, 0.15) is 21.5 Å². The zero-order valence-electron chi connectivity index (χ0n) is 16.3. The first kappa shape index (κ1) is 19.7. The van der Waals surface area contributed by atoms with Gasteiger partial charge in [0.15, 0.2) is 5.78 Å². The van der Waals surface area contributed by atoms with E-state index in [2.05, 4.69) is 4.98 Å². The highest BCUT2D eigenvalue weighted by molar-refractivity contribution is 7.17. The smallest absolute Gasteiger partial charge is 0.270 e. The number of hydrogen-bond acceptors (Lipinski definition) is 6. The first-order valence-corrected chi connectivity index (χ1v) is 10.0. The maximum atomic E-state index is 13.1. The van der Waals surface area contributed by atoms with Crippen molar-refractivity contribution in [3.8, 4) is 11.1 Å². The summed E-state index contributed by atoms with van der Waals surface area (Å²) in [7, 11) is 0. The summed E-state index contributed by atoms with van der Waals surface area (Å²) in [6.45, 7) is 3.80. The van der Waals surface area contributed by atoms with Crippen molar-refractivity contribution in [3.63, 3.8) is 0 Å². The minimum atomic E-state index is -0.558. The third-order valence-corrected chi connectivity index (χ3v) is 5.96. The SMILES string of the molecule is Cc1ccc(-c2csc3ncn(CC(=O)c4cccc([N+](=O)[O-])c4)c(=O)c23)cc1C. The van der Waals surface area contributed by atoms with Crippen molar-refractivity contribution >= 4 is 33.0 Å². The van der Waals surface area contributed by atoms with E-state index >= 15 is 0 Å². The van der Waals surface area contributed by atoms with Crippen LogP contribution in [0.3, 0.4) is 0 Å². The van der Waals surface area contributed by atoms with E-state index in [4.69, 9.17) is 0 Å². The highest BCUT2D eigenvalue weighted by Crippen LogP contribution is 2.31. The van der Waals surface area contributed by atoms with Crippen LogP contribution in [0.4, 0.5) is 5.69 Å². The molecule has 0 bridgehead atoms. The molecule has 8 heteroatoms. The van der Waals surface area contributed by atoms with Crippen LogP contribution < -0.4 is 5.56 Å². The lowest BCUT2D eigenvalue weighted by Gasteiger charge is -2.07. The molecular weight excluding hydrogens is 402 g/mol. The van der Waals surface area contributed by atoms with E-state index in [0.717, 1.165) is 22.3 Å². The lowest BCUT2D eigenvalue weighted by molar-refractivity contribution is -0.384. The fraction of sp³-hybridized carbons (Fsp3) is 0.136. The number of aromatic nitrogens is 2. The molecule has 30 heavy (non-hydrogen) atoms. The van der Waals surface area contributed by atoms with Crippen LogP contribution in [0, 0.1) is 24.0 Å². The second-order valence-corrected chi connectivity index (χ2v) is 7.89. The van der Waals surface area contributed by atoms with Crippen molar-refractivity contribution in [2.45, 2.75) is 20.4 Å². The summed E-state index contributed by atoms with van der Waals surface area (Å²) < 4.78 is 1.25. The number of benzene rings is 2. The number of non-ortho nitro benzene ring substituents is 1. The molecule has 0 unspecified atom stereocenters. The van der Waals surface area contributed by atoms with Crippen molar-refractivity contribution in [2.75, 3.05) is 0 Å². The lowest BCUT2D eigenvalue weighted by Crippen LogP contribution is -2.24. The summed E-state index contributed by atoms with van der Waals surface area (Å²) in [5.41, 5.74) is 3.69. The van der Waals surface area contributed by atoms with Gasteiger partial charge in [0.1, 0.15) is 4.83 Å². The summed E-state index contributed by atoms with van der Waals surface area (Å²) in [5, 5.41) is 13.3. The highest BCUT2D eigenvalue weighted by atomic mass is 32.1. The van der Waals surface area contributed by atoms with Crippen molar-refractivity contribution in [3.05, 3.63) is 91.3 Å². The summed E-state index contributed by atoms with van der Waals surface area (Å²) in [5.74, 6) is -0.398. The van der Waals surface area contributed by atoms with Gasteiger partial charge in [-0.2, -0.15) is 0 Å². The number of nitrogens with zero attached hydrogens (tertiary/aromatic N) is 3. The Morgan fingerprint density at radius 2 is 1.97 bits per heavy atom. The average Bonchev–Trinajstić information content (AvgIpc) is 3.17. The van der Waals surface area contributed by atoms with Gasteiger partial charge < -0.3 is 0 Å². The van der Waals surface area contributed by atoms with E-state index in [1.807, 2.05) is 37.4 Å². The van der Waals surface area contributed by atoms with E-state index in [0.29, 0.717) is 10.2 Å². The van der Waals surface area contributed by atoms with Gasteiger partial charge in [-0.25, -0.2) is 4.98 Å².